The van der Waals surface area contributed by atoms with Gasteiger partial charge in [0.15, 0.2) is 5.16 Å². The lowest BCUT2D eigenvalue weighted by Crippen LogP contribution is -2.37. The van der Waals surface area contributed by atoms with Crippen LogP contribution in [-0.4, -0.2) is 71.4 Å². The molecule has 11 heteroatoms. The van der Waals surface area contributed by atoms with Crippen LogP contribution in [0.2, 0.25) is 0 Å². The molecule has 0 unspecified atom stereocenters. The number of nitrogens with zero attached hydrogens (tertiary/aromatic N) is 5. The number of hydrogen-bond acceptors (Lipinski definition) is 6. The van der Waals surface area contributed by atoms with E-state index in [9.17, 15) is 13.2 Å². The molecule has 1 aromatic carbocycles. The Balaban J connectivity index is 0.00000274. The Morgan fingerprint density at radius 1 is 1.12 bits per heavy atom. The summed E-state index contributed by atoms with van der Waals surface area (Å²) >= 11 is 1.74. The van der Waals surface area contributed by atoms with Crippen molar-refractivity contribution in [3.63, 3.8) is 0 Å². The zero-order valence-corrected chi connectivity index (χ0v) is 20.9. The van der Waals surface area contributed by atoms with Gasteiger partial charge in [0.05, 0.1) is 18.8 Å². The minimum absolute atomic E-state index is 0. The van der Waals surface area contributed by atoms with Crippen LogP contribution >= 0.6 is 24.2 Å². The van der Waals surface area contributed by atoms with Crippen LogP contribution in [0.1, 0.15) is 36.3 Å². The fourth-order valence-electron chi connectivity index (χ4n) is 5.27. The van der Waals surface area contributed by atoms with Gasteiger partial charge < -0.3 is 14.5 Å². The molecular formula is C23H31ClF3N5OS. The van der Waals surface area contributed by atoms with Crippen LogP contribution in [0.15, 0.2) is 29.4 Å². The molecule has 1 aromatic heterocycles. The number of anilines is 1. The van der Waals surface area contributed by atoms with E-state index in [0.717, 1.165) is 87.6 Å². The number of halogens is 4. The number of thioether (sulfide) groups is 1. The van der Waals surface area contributed by atoms with Crippen molar-refractivity contribution in [2.75, 3.05) is 56.6 Å². The molecule has 188 valence electrons. The monoisotopic (exact) mass is 517 g/mol. The Morgan fingerprint density at radius 3 is 2.56 bits per heavy atom. The summed E-state index contributed by atoms with van der Waals surface area (Å²) in [6, 6.07) is 5.80. The maximum Gasteiger partial charge on any atom is 0.416 e. The van der Waals surface area contributed by atoms with Crippen LogP contribution in [0.25, 0.3) is 0 Å². The number of likely N-dealkylation sites (tertiary alicyclic amines) is 1. The second kappa shape index (κ2) is 10.2. The van der Waals surface area contributed by atoms with Gasteiger partial charge >= 0.3 is 6.18 Å². The third-order valence-electron chi connectivity index (χ3n) is 7.25. The number of benzene rings is 1. The van der Waals surface area contributed by atoms with E-state index >= 15 is 0 Å². The Kier molecular flexibility index (Phi) is 7.71. The second-order valence-corrected chi connectivity index (χ2v) is 10.5. The molecule has 3 aliphatic rings. The van der Waals surface area contributed by atoms with Gasteiger partial charge in [0.2, 0.25) is 5.95 Å². The van der Waals surface area contributed by atoms with E-state index in [0.29, 0.717) is 5.92 Å². The van der Waals surface area contributed by atoms with Gasteiger partial charge in [-0.2, -0.15) is 13.2 Å². The molecule has 6 nitrogen and oxygen atoms in total. The first-order valence-corrected chi connectivity index (χ1v) is 12.6. The summed E-state index contributed by atoms with van der Waals surface area (Å²) in [5.41, 5.74) is 0.758. The minimum Gasteiger partial charge on any atom is -0.378 e. The Hall–Kier alpha value is -1.49. The predicted octanol–water partition coefficient (Wildman–Crippen LogP) is 4.45. The van der Waals surface area contributed by atoms with Crippen molar-refractivity contribution < 1.29 is 17.9 Å². The summed E-state index contributed by atoms with van der Waals surface area (Å²) in [4.78, 5) is 4.73. The molecular weight excluding hydrogens is 487 g/mol. The molecule has 2 saturated heterocycles. The van der Waals surface area contributed by atoms with Crippen molar-refractivity contribution in [3.05, 3.63) is 35.4 Å². The normalized spacial score (nSPS) is 25.1. The van der Waals surface area contributed by atoms with E-state index in [4.69, 9.17) is 4.74 Å². The van der Waals surface area contributed by atoms with Gasteiger partial charge in [-0.05, 0) is 61.4 Å². The van der Waals surface area contributed by atoms with Gasteiger partial charge in [-0.1, -0.05) is 23.9 Å². The highest BCUT2D eigenvalue weighted by molar-refractivity contribution is 7.99. The highest BCUT2D eigenvalue weighted by atomic mass is 35.5. The largest absolute Gasteiger partial charge is 0.416 e. The van der Waals surface area contributed by atoms with E-state index in [1.54, 1.807) is 23.9 Å². The molecule has 0 radical (unpaired) electrons. The number of aromatic nitrogens is 3. The molecule has 1 spiro atoms. The topological polar surface area (TPSA) is 46.4 Å². The van der Waals surface area contributed by atoms with Gasteiger partial charge in [-0.3, -0.25) is 4.57 Å². The first-order chi connectivity index (χ1) is 15.9. The van der Waals surface area contributed by atoms with Crippen LogP contribution in [0.3, 0.4) is 0 Å². The van der Waals surface area contributed by atoms with Crippen molar-refractivity contribution in [2.24, 2.45) is 12.5 Å². The van der Waals surface area contributed by atoms with Crippen LogP contribution < -0.4 is 4.90 Å². The van der Waals surface area contributed by atoms with E-state index < -0.39 is 11.7 Å². The zero-order chi connectivity index (χ0) is 23.1. The van der Waals surface area contributed by atoms with E-state index in [2.05, 4.69) is 24.6 Å². The number of rotatable bonds is 7. The summed E-state index contributed by atoms with van der Waals surface area (Å²) in [6.07, 6.45) is -0.965. The maximum atomic E-state index is 12.8. The van der Waals surface area contributed by atoms with Crippen LogP contribution in [0.4, 0.5) is 19.1 Å². The number of alkyl halides is 3. The summed E-state index contributed by atoms with van der Waals surface area (Å²) in [6.45, 7) is 6.32. The molecule has 3 fully saturated rings. The number of ether oxygens (including phenoxy) is 1. The van der Waals surface area contributed by atoms with Crippen LogP contribution in [0, 0.1) is 5.41 Å². The van der Waals surface area contributed by atoms with E-state index in [1.165, 1.54) is 12.1 Å². The van der Waals surface area contributed by atoms with E-state index in [-0.39, 0.29) is 17.8 Å². The predicted molar refractivity (Wildman–Crippen MR) is 129 cm³/mol. The van der Waals surface area contributed by atoms with Crippen molar-refractivity contribution in [2.45, 2.75) is 36.5 Å². The molecule has 34 heavy (non-hydrogen) atoms. The summed E-state index contributed by atoms with van der Waals surface area (Å²) < 4.78 is 46.0. The molecule has 0 bridgehead atoms. The van der Waals surface area contributed by atoms with E-state index in [1.807, 2.05) is 7.05 Å². The first-order valence-electron chi connectivity index (χ1n) is 11.6. The first kappa shape index (κ1) is 25.6. The van der Waals surface area contributed by atoms with Gasteiger partial charge in [0.1, 0.15) is 0 Å². The average Bonchev–Trinajstić information content (AvgIpc) is 3.15. The average molecular weight is 518 g/mol. The molecule has 3 heterocycles. The minimum atomic E-state index is -4.27. The molecule has 2 atom stereocenters. The SMILES string of the molecule is Cl.Cn1c(SCCCN2CC[C@]3(C[C@@H]3c3ccc(C(F)(F)F)cc3)C2)nnc1N1CCOCC1. The molecule has 5 rings (SSSR count). The fraction of sp³-hybridized carbons (Fsp3) is 0.652. The molecule has 0 N–H and O–H groups in total. The molecule has 2 aromatic rings. The molecule has 2 aliphatic heterocycles. The lowest BCUT2D eigenvalue weighted by molar-refractivity contribution is -0.137. The lowest BCUT2D eigenvalue weighted by Gasteiger charge is -2.27. The van der Waals surface area contributed by atoms with Crippen molar-refractivity contribution in [1.29, 1.82) is 0 Å². The zero-order valence-electron chi connectivity index (χ0n) is 19.3. The maximum absolute atomic E-state index is 12.8. The molecule has 0 amide bonds. The van der Waals surface area contributed by atoms with Gasteiger partial charge in [0, 0.05) is 32.4 Å². The van der Waals surface area contributed by atoms with Crippen molar-refractivity contribution in [1.82, 2.24) is 19.7 Å². The molecule has 1 aliphatic carbocycles. The highest BCUT2D eigenvalue weighted by Crippen LogP contribution is 2.64. The third-order valence-corrected chi connectivity index (χ3v) is 8.36. The van der Waals surface area contributed by atoms with Crippen molar-refractivity contribution in [3.8, 4) is 0 Å². The smallest absolute Gasteiger partial charge is 0.378 e. The molecule has 1 saturated carbocycles. The lowest BCUT2D eigenvalue weighted by atomic mass is 9.97. The summed E-state index contributed by atoms with van der Waals surface area (Å²) in [7, 11) is 2.02. The standard InChI is InChI=1S/C23H30F3N5OS.ClH/c1-29-20(31-10-12-32-13-11-31)27-28-21(29)33-14-2-8-30-9-7-22(16-30)15-19(22)17-3-5-18(6-4-17)23(24,25)26;/h3-6,19H,2,7-16H2,1H3;1H/t19-,22+;/m1./s1. The Morgan fingerprint density at radius 2 is 1.85 bits per heavy atom. The highest BCUT2D eigenvalue weighted by Gasteiger charge is 2.57. The Labute approximate surface area is 208 Å². The quantitative estimate of drug-likeness (QED) is 0.399. The van der Waals surface area contributed by atoms with Gasteiger partial charge in [-0.15, -0.1) is 22.6 Å². The second-order valence-electron chi connectivity index (χ2n) is 9.41. The van der Waals surface area contributed by atoms with Crippen molar-refractivity contribution >= 4 is 30.1 Å². The third kappa shape index (κ3) is 5.34. The summed E-state index contributed by atoms with van der Waals surface area (Å²) in [5, 5.41) is 9.68. The van der Waals surface area contributed by atoms with Gasteiger partial charge in [-0.25, -0.2) is 0 Å². The van der Waals surface area contributed by atoms with Crippen LogP contribution in [-0.2, 0) is 18.0 Å². The number of hydrogen-bond donors (Lipinski definition) is 0. The Bertz CT molecular complexity index is 967. The van der Waals surface area contributed by atoms with Gasteiger partial charge in [0.25, 0.3) is 0 Å². The fourth-order valence-corrected chi connectivity index (χ4v) is 6.10. The number of morpholine rings is 1. The van der Waals surface area contributed by atoms with Crippen LogP contribution in [0.5, 0.6) is 0 Å². The summed E-state index contributed by atoms with van der Waals surface area (Å²) in [5.74, 6) is 2.29.